The Morgan fingerprint density at radius 3 is 2.76 bits per heavy atom. The molecule has 1 saturated heterocycles. The van der Waals surface area contributed by atoms with Gasteiger partial charge in [0.15, 0.2) is 0 Å². The molecule has 1 heterocycles. The van der Waals surface area contributed by atoms with Crippen molar-refractivity contribution >= 4 is 0 Å². The normalized spacial score (nSPS) is 24.0. The first-order chi connectivity index (χ1) is 10.2. The SMILES string of the molecule is CCCN1CCCCC(CNC)C1c1cc(C)ccc1C. The molecule has 0 radical (unpaired) electrons. The monoisotopic (exact) mass is 288 g/mol. The van der Waals surface area contributed by atoms with Crippen molar-refractivity contribution in [2.24, 2.45) is 5.92 Å². The lowest BCUT2D eigenvalue weighted by atomic mass is 9.86. The quantitative estimate of drug-likeness (QED) is 0.878. The second-order valence-corrected chi connectivity index (χ2v) is 6.65. The van der Waals surface area contributed by atoms with Crippen molar-refractivity contribution in [2.75, 3.05) is 26.7 Å². The highest BCUT2D eigenvalue weighted by Crippen LogP contribution is 2.36. The number of aryl methyl sites for hydroxylation is 2. The van der Waals surface area contributed by atoms with E-state index in [-0.39, 0.29) is 0 Å². The van der Waals surface area contributed by atoms with Crippen LogP contribution in [0.25, 0.3) is 0 Å². The van der Waals surface area contributed by atoms with E-state index in [2.05, 4.69) is 56.2 Å². The molecule has 2 rings (SSSR count). The van der Waals surface area contributed by atoms with Gasteiger partial charge in [0, 0.05) is 6.04 Å². The van der Waals surface area contributed by atoms with Crippen LogP contribution < -0.4 is 5.32 Å². The van der Waals surface area contributed by atoms with Gasteiger partial charge < -0.3 is 5.32 Å². The predicted octanol–water partition coefficient (Wildman–Crippen LogP) is 4.08. The van der Waals surface area contributed by atoms with E-state index in [1.165, 1.54) is 49.9 Å². The first kappa shape index (κ1) is 16.5. The molecule has 1 aliphatic heterocycles. The number of benzene rings is 1. The van der Waals surface area contributed by atoms with Gasteiger partial charge in [-0.1, -0.05) is 37.1 Å². The second-order valence-electron chi connectivity index (χ2n) is 6.65. The third-order valence-corrected chi connectivity index (χ3v) is 4.84. The van der Waals surface area contributed by atoms with Crippen molar-refractivity contribution in [3.8, 4) is 0 Å². The van der Waals surface area contributed by atoms with E-state index in [1.807, 2.05) is 0 Å². The zero-order chi connectivity index (χ0) is 15.2. The Balaban J connectivity index is 2.39. The largest absolute Gasteiger partial charge is 0.319 e. The fraction of sp³-hybridized carbons (Fsp3) is 0.684. The highest BCUT2D eigenvalue weighted by molar-refractivity contribution is 5.33. The van der Waals surface area contributed by atoms with Gasteiger partial charge >= 0.3 is 0 Å². The minimum atomic E-state index is 0.583. The molecule has 0 bridgehead atoms. The van der Waals surface area contributed by atoms with Crippen LogP contribution in [0.5, 0.6) is 0 Å². The molecule has 118 valence electrons. The molecule has 1 aliphatic rings. The van der Waals surface area contributed by atoms with E-state index >= 15 is 0 Å². The van der Waals surface area contributed by atoms with Crippen LogP contribution in [0.4, 0.5) is 0 Å². The average Bonchev–Trinajstić information content (AvgIpc) is 2.65. The smallest absolute Gasteiger partial charge is 0.0391 e. The van der Waals surface area contributed by atoms with Crippen LogP contribution in [-0.4, -0.2) is 31.6 Å². The van der Waals surface area contributed by atoms with Gasteiger partial charge in [0.25, 0.3) is 0 Å². The number of rotatable bonds is 5. The molecule has 1 aromatic carbocycles. The minimum Gasteiger partial charge on any atom is -0.319 e. The number of hydrogen-bond acceptors (Lipinski definition) is 2. The summed E-state index contributed by atoms with van der Waals surface area (Å²) in [6.45, 7) is 10.4. The molecule has 2 atom stereocenters. The molecule has 0 saturated carbocycles. The van der Waals surface area contributed by atoms with Crippen LogP contribution in [0, 0.1) is 19.8 Å². The summed E-state index contributed by atoms with van der Waals surface area (Å²) >= 11 is 0. The zero-order valence-corrected chi connectivity index (χ0v) is 14.3. The van der Waals surface area contributed by atoms with E-state index < -0.39 is 0 Å². The van der Waals surface area contributed by atoms with E-state index in [1.54, 1.807) is 5.56 Å². The van der Waals surface area contributed by atoms with Crippen LogP contribution in [-0.2, 0) is 0 Å². The fourth-order valence-corrected chi connectivity index (χ4v) is 3.86. The van der Waals surface area contributed by atoms with Crippen LogP contribution >= 0.6 is 0 Å². The fourth-order valence-electron chi connectivity index (χ4n) is 3.86. The second kappa shape index (κ2) is 7.95. The predicted molar refractivity (Wildman–Crippen MR) is 91.8 cm³/mol. The Kier molecular flexibility index (Phi) is 6.25. The summed E-state index contributed by atoms with van der Waals surface area (Å²) in [5, 5.41) is 3.44. The first-order valence-corrected chi connectivity index (χ1v) is 8.63. The maximum absolute atomic E-state index is 3.44. The Morgan fingerprint density at radius 1 is 1.24 bits per heavy atom. The maximum atomic E-state index is 3.44. The van der Waals surface area contributed by atoms with E-state index in [4.69, 9.17) is 0 Å². The lowest BCUT2D eigenvalue weighted by Crippen LogP contribution is -2.37. The summed E-state index contributed by atoms with van der Waals surface area (Å²) in [5.41, 5.74) is 4.40. The van der Waals surface area contributed by atoms with Gasteiger partial charge in [0.2, 0.25) is 0 Å². The Hall–Kier alpha value is -0.860. The molecule has 2 nitrogen and oxygen atoms in total. The zero-order valence-electron chi connectivity index (χ0n) is 14.3. The molecular formula is C19H32N2. The lowest BCUT2D eigenvalue weighted by molar-refractivity contribution is 0.154. The van der Waals surface area contributed by atoms with Crippen LogP contribution in [0.15, 0.2) is 18.2 Å². The summed E-state index contributed by atoms with van der Waals surface area (Å²) in [6.07, 6.45) is 5.31. The third-order valence-electron chi connectivity index (χ3n) is 4.84. The maximum Gasteiger partial charge on any atom is 0.0391 e. The van der Waals surface area contributed by atoms with Gasteiger partial charge in [0.05, 0.1) is 0 Å². The van der Waals surface area contributed by atoms with Crippen molar-refractivity contribution in [2.45, 2.75) is 52.5 Å². The standard InChI is InChI=1S/C19H32N2/c1-5-11-21-12-7-6-8-17(14-20-4)19(21)18-13-15(2)9-10-16(18)3/h9-10,13,17,19-20H,5-8,11-12,14H2,1-4H3. The molecule has 0 amide bonds. The van der Waals surface area contributed by atoms with Crippen molar-refractivity contribution in [1.29, 1.82) is 0 Å². The third kappa shape index (κ3) is 4.08. The summed E-state index contributed by atoms with van der Waals surface area (Å²) in [7, 11) is 2.09. The summed E-state index contributed by atoms with van der Waals surface area (Å²) < 4.78 is 0. The summed E-state index contributed by atoms with van der Waals surface area (Å²) in [6, 6.07) is 7.55. The van der Waals surface area contributed by atoms with Gasteiger partial charge in [-0.15, -0.1) is 0 Å². The average molecular weight is 288 g/mol. The Labute approximate surface area is 130 Å². The van der Waals surface area contributed by atoms with Gasteiger partial charge in [-0.25, -0.2) is 0 Å². The highest BCUT2D eigenvalue weighted by Gasteiger charge is 2.31. The minimum absolute atomic E-state index is 0.583. The van der Waals surface area contributed by atoms with E-state index in [0.717, 1.165) is 12.5 Å². The number of likely N-dealkylation sites (tertiary alicyclic amines) is 1. The molecule has 0 aliphatic carbocycles. The number of hydrogen-bond donors (Lipinski definition) is 1. The molecule has 2 heteroatoms. The Morgan fingerprint density at radius 2 is 2.05 bits per heavy atom. The molecule has 0 spiro atoms. The molecule has 0 aromatic heterocycles. The summed E-state index contributed by atoms with van der Waals surface area (Å²) in [4.78, 5) is 2.75. The van der Waals surface area contributed by atoms with Crippen LogP contribution in [0.1, 0.15) is 55.3 Å². The Bertz CT molecular complexity index is 425. The van der Waals surface area contributed by atoms with Crippen LogP contribution in [0.3, 0.4) is 0 Å². The van der Waals surface area contributed by atoms with Crippen LogP contribution in [0.2, 0.25) is 0 Å². The lowest BCUT2D eigenvalue weighted by Gasteiger charge is -2.36. The van der Waals surface area contributed by atoms with Gasteiger partial charge in [-0.05, 0) is 76.8 Å². The van der Waals surface area contributed by atoms with Crippen molar-refractivity contribution in [3.05, 3.63) is 34.9 Å². The molecule has 1 aromatic rings. The highest BCUT2D eigenvalue weighted by atomic mass is 15.2. The summed E-state index contributed by atoms with van der Waals surface area (Å²) in [5.74, 6) is 0.726. The number of nitrogens with zero attached hydrogens (tertiary/aromatic N) is 1. The van der Waals surface area contributed by atoms with E-state index in [9.17, 15) is 0 Å². The van der Waals surface area contributed by atoms with Crippen molar-refractivity contribution < 1.29 is 0 Å². The van der Waals surface area contributed by atoms with Crippen molar-refractivity contribution in [3.63, 3.8) is 0 Å². The van der Waals surface area contributed by atoms with Crippen molar-refractivity contribution in [1.82, 2.24) is 10.2 Å². The molecular weight excluding hydrogens is 256 g/mol. The topological polar surface area (TPSA) is 15.3 Å². The molecule has 2 unspecified atom stereocenters. The number of nitrogens with one attached hydrogen (secondary N) is 1. The molecule has 1 fully saturated rings. The van der Waals surface area contributed by atoms with Gasteiger partial charge in [-0.3, -0.25) is 4.90 Å². The van der Waals surface area contributed by atoms with Gasteiger partial charge in [-0.2, -0.15) is 0 Å². The van der Waals surface area contributed by atoms with Gasteiger partial charge in [0.1, 0.15) is 0 Å². The molecule has 21 heavy (non-hydrogen) atoms. The van der Waals surface area contributed by atoms with E-state index in [0.29, 0.717) is 6.04 Å². The molecule has 1 N–H and O–H groups in total. The first-order valence-electron chi connectivity index (χ1n) is 8.63.